The Hall–Kier alpha value is -2.81. The number of pyridine rings is 1. The maximum Gasteiger partial charge on any atom is 0.255 e. The van der Waals surface area contributed by atoms with Crippen LogP contribution in [0.15, 0.2) is 23.0 Å². The molecule has 4 rings (SSSR count). The Kier molecular flexibility index (Phi) is 4.14. The monoisotopic (exact) mass is 342 g/mol. The van der Waals surface area contributed by atoms with Gasteiger partial charge in [-0.3, -0.25) is 14.5 Å². The predicted molar refractivity (Wildman–Crippen MR) is 86.8 cm³/mol. The predicted octanol–water partition coefficient (Wildman–Crippen LogP) is 1.18. The Balaban J connectivity index is 1.34. The van der Waals surface area contributed by atoms with Crippen molar-refractivity contribution < 1.29 is 14.1 Å². The average Bonchev–Trinajstić information content (AvgIpc) is 3.35. The molecule has 1 N–H and O–H groups in total. The first kappa shape index (κ1) is 15.7. The summed E-state index contributed by atoms with van der Waals surface area (Å²) < 4.78 is 12.4. The van der Waals surface area contributed by atoms with Crippen LogP contribution in [0, 0.1) is 0 Å². The number of carbonyl (C=O) groups excluding carboxylic acids is 1. The fourth-order valence-corrected chi connectivity index (χ4v) is 2.81. The molecule has 0 spiro atoms. The van der Waals surface area contributed by atoms with Gasteiger partial charge in [-0.05, 0) is 18.9 Å². The third-order valence-corrected chi connectivity index (χ3v) is 4.18. The summed E-state index contributed by atoms with van der Waals surface area (Å²) in [5, 5.41) is 10.9. The van der Waals surface area contributed by atoms with E-state index >= 15 is 0 Å². The molecule has 1 atom stereocenters. The highest BCUT2D eigenvalue weighted by molar-refractivity contribution is 5.96. The van der Waals surface area contributed by atoms with E-state index in [2.05, 4.69) is 25.5 Å². The maximum atomic E-state index is 12.3. The molecular weight excluding hydrogens is 324 g/mol. The number of amides is 1. The van der Waals surface area contributed by atoms with E-state index in [9.17, 15) is 4.79 Å². The van der Waals surface area contributed by atoms with Crippen LogP contribution in [0.4, 0.5) is 0 Å². The number of nitrogens with zero attached hydrogens (tertiary/aromatic N) is 5. The Morgan fingerprint density at radius 2 is 2.36 bits per heavy atom. The van der Waals surface area contributed by atoms with Gasteiger partial charge in [-0.2, -0.15) is 10.1 Å². The molecule has 9 nitrogen and oxygen atoms in total. The van der Waals surface area contributed by atoms with Gasteiger partial charge in [0.15, 0.2) is 5.82 Å². The Labute approximate surface area is 143 Å². The first-order valence-corrected chi connectivity index (χ1v) is 8.21. The highest BCUT2D eigenvalue weighted by atomic mass is 16.5. The summed E-state index contributed by atoms with van der Waals surface area (Å²) in [6.45, 7) is 1.14. The second-order valence-corrected chi connectivity index (χ2v) is 5.95. The van der Waals surface area contributed by atoms with E-state index in [1.54, 1.807) is 23.1 Å². The fraction of sp³-hybridized carbons (Fsp3) is 0.438. The van der Waals surface area contributed by atoms with Gasteiger partial charge >= 0.3 is 0 Å². The van der Waals surface area contributed by atoms with E-state index in [1.807, 2.05) is 7.05 Å². The third kappa shape index (κ3) is 3.22. The summed E-state index contributed by atoms with van der Waals surface area (Å²) in [6.07, 6.45) is 5.52. The lowest BCUT2D eigenvalue weighted by atomic mass is 10.2. The van der Waals surface area contributed by atoms with E-state index in [0.29, 0.717) is 30.2 Å². The van der Waals surface area contributed by atoms with Gasteiger partial charge in [-0.15, -0.1) is 0 Å². The van der Waals surface area contributed by atoms with E-state index in [0.717, 1.165) is 30.5 Å². The number of hydrogen-bond donors (Lipinski definition) is 1. The molecule has 0 radical (unpaired) electrons. The van der Waals surface area contributed by atoms with Crippen molar-refractivity contribution in [2.45, 2.75) is 25.4 Å². The van der Waals surface area contributed by atoms with Crippen LogP contribution in [-0.2, 0) is 18.2 Å². The number of aromatic nitrogens is 5. The molecule has 25 heavy (non-hydrogen) atoms. The molecule has 4 heterocycles. The summed E-state index contributed by atoms with van der Waals surface area (Å²) in [6, 6.07) is 1.77. The molecule has 0 aliphatic carbocycles. The second kappa shape index (κ2) is 6.60. The van der Waals surface area contributed by atoms with Gasteiger partial charge < -0.3 is 14.6 Å². The quantitative estimate of drug-likeness (QED) is 0.741. The molecule has 1 aliphatic rings. The Bertz CT molecular complexity index is 896. The summed E-state index contributed by atoms with van der Waals surface area (Å²) in [5.74, 6) is 0.883. The number of hydrogen-bond acceptors (Lipinski definition) is 7. The molecular formula is C16H18N6O3. The van der Waals surface area contributed by atoms with Crippen molar-refractivity contribution in [2.24, 2.45) is 7.05 Å². The lowest BCUT2D eigenvalue weighted by Gasteiger charge is -2.04. The minimum atomic E-state index is -0.196. The lowest BCUT2D eigenvalue weighted by Crippen LogP contribution is -2.26. The molecule has 0 aromatic carbocycles. The topological polar surface area (TPSA) is 108 Å². The average molecular weight is 342 g/mol. The SMILES string of the molecule is Cn1ncc2ncc(C(=O)NCCc3noc(C4CCCO4)n3)cc21. The number of nitrogens with one attached hydrogen (secondary N) is 1. The van der Waals surface area contributed by atoms with Gasteiger partial charge in [0.05, 0.1) is 17.3 Å². The van der Waals surface area contributed by atoms with E-state index < -0.39 is 0 Å². The molecule has 1 fully saturated rings. The summed E-state index contributed by atoms with van der Waals surface area (Å²) in [7, 11) is 1.81. The van der Waals surface area contributed by atoms with Crippen molar-refractivity contribution in [3.05, 3.63) is 35.7 Å². The number of carbonyl (C=O) groups is 1. The first-order valence-electron chi connectivity index (χ1n) is 8.21. The number of rotatable bonds is 5. The van der Waals surface area contributed by atoms with Crippen LogP contribution in [0.1, 0.15) is 41.0 Å². The molecule has 130 valence electrons. The minimum absolute atomic E-state index is 0.0902. The van der Waals surface area contributed by atoms with E-state index in [1.165, 1.54) is 0 Å². The van der Waals surface area contributed by atoms with Crippen LogP contribution in [0.25, 0.3) is 11.0 Å². The fourth-order valence-electron chi connectivity index (χ4n) is 2.81. The van der Waals surface area contributed by atoms with E-state index in [4.69, 9.17) is 9.26 Å². The molecule has 0 bridgehead atoms. The molecule has 1 aliphatic heterocycles. The summed E-state index contributed by atoms with van der Waals surface area (Å²) >= 11 is 0. The molecule has 0 saturated carbocycles. The van der Waals surface area contributed by atoms with Crippen molar-refractivity contribution >= 4 is 16.9 Å². The molecule has 9 heteroatoms. The van der Waals surface area contributed by atoms with Gasteiger partial charge in [-0.1, -0.05) is 5.16 Å². The van der Waals surface area contributed by atoms with Crippen LogP contribution < -0.4 is 5.32 Å². The van der Waals surface area contributed by atoms with Gasteiger partial charge in [0.1, 0.15) is 11.6 Å². The van der Waals surface area contributed by atoms with Gasteiger partial charge in [-0.25, -0.2) is 0 Å². The van der Waals surface area contributed by atoms with Crippen molar-refractivity contribution in [3.8, 4) is 0 Å². The number of ether oxygens (including phenoxy) is 1. The zero-order chi connectivity index (χ0) is 17.2. The largest absolute Gasteiger partial charge is 0.368 e. The standard InChI is InChI=1S/C16H18N6O3/c1-22-12-7-10(8-18-11(12)9-19-22)15(23)17-5-4-14-20-16(25-21-14)13-3-2-6-24-13/h7-9,13H,2-6H2,1H3,(H,17,23). The summed E-state index contributed by atoms with van der Waals surface area (Å²) in [5.41, 5.74) is 2.06. The molecule has 1 amide bonds. The van der Waals surface area contributed by atoms with E-state index in [-0.39, 0.29) is 12.0 Å². The molecule has 1 unspecified atom stereocenters. The number of aryl methyl sites for hydroxylation is 1. The first-order chi connectivity index (χ1) is 12.2. The lowest BCUT2D eigenvalue weighted by molar-refractivity contribution is 0.0835. The maximum absolute atomic E-state index is 12.3. The van der Waals surface area contributed by atoms with Crippen LogP contribution in [0.3, 0.4) is 0 Å². The molecule has 3 aromatic rings. The second-order valence-electron chi connectivity index (χ2n) is 5.95. The normalized spacial score (nSPS) is 17.2. The Morgan fingerprint density at radius 3 is 3.20 bits per heavy atom. The van der Waals surface area contributed by atoms with Crippen molar-refractivity contribution in [1.82, 2.24) is 30.2 Å². The zero-order valence-corrected chi connectivity index (χ0v) is 13.8. The number of fused-ring (bicyclic) bond motifs is 1. The van der Waals surface area contributed by atoms with Gasteiger partial charge in [0.2, 0.25) is 0 Å². The van der Waals surface area contributed by atoms with Crippen LogP contribution in [0.5, 0.6) is 0 Å². The molecule has 1 saturated heterocycles. The van der Waals surface area contributed by atoms with Crippen molar-refractivity contribution in [2.75, 3.05) is 13.2 Å². The van der Waals surface area contributed by atoms with Gasteiger partial charge in [0, 0.05) is 32.8 Å². The highest BCUT2D eigenvalue weighted by Gasteiger charge is 2.23. The van der Waals surface area contributed by atoms with Crippen LogP contribution >= 0.6 is 0 Å². The smallest absolute Gasteiger partial charge is 0.255 e. The minimum Gasteiger partial charge on any atom is -0.368 e. The summed E-state index contributed by atoms with van der Waals surface area (Å²) in [4.78, 5) is 20.8. The van der Waals surface area contributed by atoms with Crippen LogP contribution in [0.2, 0.25) is 0 Å². The molecule has 3 aromatic heterocycles. The van der Waals surface area contributed by atoms with Crippen LogP contribution in [-0.4, -0.2) is 44.0 Å². The highest BCUT2D eigenvalue weighted by Crippen LogP contribution is 2.26. The van der Waals surface area contributed by atoms with Gasteiger partial charge in [0.25, 0.3) is 11.8 Å². The zero-order valence-electron chi connectivity index (χ0n) is 13.8. The Morgan fingerprint density at radius 1 is 1.44 bits per heavy atom. The van der Waals surface area contributed by atoms with Crippen molar-refractivity contribution in [1.29, 1.82) is 0 Å². The third-order valence-electron chi connectivity index (χ3n) is 4.18. The van der Waals surface area contributed by atoms with Crippen molar-refractivity contribution in [3.63, 3.8) is 0 Å².